The summed E-state index contributed by atoms with van der Waals surface area (Å²) >= 11 is 0. The average molecular weight is 388 g/mol. The van der Waals surface area contributed by atoms with E-state index < -0.39 is 0 Å². The highest BCUT2D eigenvalue weighted by atomic mass is 16.5. The van der Waals surface area contributed by atoms with Crippen molar-refractivity contribution in [2.75, 3.05) is 24.7 Å². The lowest BCUT2D eigenvalue weighted by Crippen LogP contribution is -2.03. The van der Waals surface area contributed by atoms with Crippen LogP contribution in [0.25, 0.3) is 21.8 Å². The highest BCUT2D eigenvalue weighted by Crippen LogP contribution is 2.27. The normalized spacial score (nSPS) is 11.0. The molecule has 148 valence electrons. The molecule has 4 aromatic rings. The molecular formula is C23H24N4O2. The lowest BCUT2D eigenvalue weighted by atomic mass is 10.2. The number of pyridine rings is 2. The van der Waals surface area contributed by atoms with E-state index in [9.17, 15) is 0 Å². The summed E-state index contributed by atoms with van der Waals surface area (Å²) in [7, 11) is 0. The molecule has 4 rings (SSSR count). The molecule has 29 heavy (non-hydrogen) atoms. The maximum Gasteiger partial charge on any atom is 0.132 e. The van der Waals surface area contributed by atoms with Crippen LogP contribution in [0.5, 0.6) is 11.5 Å². The summed E-state index contributed by atoms with van der Waals surface area (Å²) in [6.45, 7) is 1.25. The molecule has 6 nitrogen and oxygen atoms in total. The number of ether oxygens (including phenoxy) is 2. The van der Waals surface area contributed by atoms with Gasteiger partial charge in [-0.05, 0) is 43.5 Å². The lowest BCUT2D eigenvalue weighted by Gasteiger charge is -2.11. The molecule has 0 bridgehead atoms. The maximum absolute atomic E-state index is 5.95. The molecule has 0 spiro atoms. The van der Waals surface area contributed by atoms with Crippen molar-refractivity contribution < 1.29 is 9.47 Å². The Balaban J connectivity index is 1.25. The Labute approximate surface area is 169 Å². The molecule has 0 fully saturated rings. The second kappa shape index (κ2) is 8.65. The molecule has 0 aliphatic carbocycles. The number of rotatable bonds is 8. The second-order valence-corrected chi connectivity index (χ2v) is 6.88. The SMILES string of the molecule is Nc1cc(OCCCCCOc2cc(N)nc3ccccc23)c2ccccc2n1. The van der Waals surface area contributed by atoms with E-state index in [1.54, 1.807) is 12.1 Å². The summed E-state index contributed by atoms with van der Waals surface area (Å²) in [6.07, 6.45) is 2.86. The van der Waals surface area contributed by atoms with Gasteiger partial charge in [-0.15, -0.1) is 0 Å². The van der Waals surface area contributed by atoms with Crippen molar-refractivity contribution in [3.8, 4) is 11.5 Å². The Morgan fingerprint density at radius 2 is 1.07 bits per heavy atom. The third kappa shape index (κ3) is 4.48. The largest absolute Gasteiger partial charge is 0.493 e. The van der Waals surface area contributed by atoms with Crippen LogP contribution in [0.2, 0.25) is 0 Å². The summed E-state index contributed by atoms with van der Waals surface area (Å²) < 4.78 is 11.9. The molecule has 2 aromatic heterocycles. The molecule has 0 saturated heterocycles. The first kappa shape index (κ1) is 18.8. The summed E-state index contributed by atoms with van der Waals surface area (Å²) in [5, 5.41) is 1.96. The maximum atomic E-state index is 5.95. The van der Waals surface area contributed by atoms with Gasteiger partial charge in [-0.1, -0.05) is 24.3 Å². The van der Waals surface area contributed by atoms with Crippen molar-refractivity contribution in [1.29, 1.82) is 0 Å². The topological polar surface area (TPSA) is 96.3 Å². The van der Waals surface area contributed by atoms with Crippen LogP contribution < -0.4 is 20.9 Å². The minimum absolute atomic E-state index is 0.468. The van der Waals surface area contributed by atoms with Gasteiger partial charge >= 0.3 is 0 Å². The van der Waals surface area contributed by atoms with Crippen molar-refractivity contribution in [1.82, 2.24) is 9.97 Å². The van der Waals surface area contributed by atoms with E-state index in [1.165, 1.54) is 0 Å². The number of nitrogen functional groups attached to an aromatic ring is 2. The van der Waals surface area contributed by atoms with Gasteiger partial charge in [0.1, 0.15) is 23.1 Å². The van der Waals surface area contributed by atoms with Gasteiger partial charge in [0.2, 0.25) is 0 Å². The van der Waals surface area contributed by atoms with E-state index in [2.05, 4.69) is 9.97 Å². The monoisotopic (exact) mass is 388 g/mol. The standard InChI is InChI=1S/C23H24N4O2/c24-22-14-20(16-8-2-4-10-18(16)26-22)28-12-6-1-7-13-29-21-15-23(25)27-19-11-5-3-9-17(19)21/h2-5,8-11,14-15H,1,6-7,12-13H2,(H2,24,26)(H2,25,27). The predicted octanol–water partition coefficient (Wildman–Crippen LogP) is 4.58. The number of nitrogens with two attached hydrogens (primary N) is 2. The molecule has 2 aromatic carbocycles. The molecule has 0 saturated carbocycles. The molecule has 0 atom stereocenters. The Hall–Kier alpha value is -3.54. The molecule has 2 heterocycles. The summed E-state index contributed by atoms with van der Waals surface area (Å²) in [4.78, 5) is 8.66. The first-order valence-corrected chi connectivity index (χ1v) is 9.77. The van der Waals surface area contributed by atoms with Gasteiger partial charge in [0, 0.05) is 22.9 Å². The van der Waals surface area contributed by atoms with E-state index in [-0.39, 0.29) is 0 Å². The number of hydrogen-bond donors (Lipinski definition) is 2. The number of aromatic nitrogens is 2. The first-order valence-electron chi connectivity index (χ1n) is 9.77. The molecular weight excluding hydrogens is 364 g/mol. The van der Waals surface area contributed by atoms with Gasteiger partial charge in [-0.2, -0.15) is 0 Å². The van der Waals surface area contributed by atoms with Crippen LogP contribution in [0.3, 0.4) is 0 Å². The molecule has 0 aliphatic rings. The van der Waals surface area contributed by atoms with Crippen LogP contribution in [0.4, 0.5) is 11.6 Å². The van der Waals surface area contributed by atoms with Crippen molar-refractivity contribution >= 4 is 33.4 Å². The molecule has 6 heteroatoms. The molecule has 0 amide bonds. The Bertz CT molecular complexity index is 1040. The van der Waals surface area contributed by atoms with Crippen LogP contribution in [0, 0.1) is 0 Å². The van der Waals surface area contributed by atoms with Crippen LogP contribution in [0.1, 0.15) is 19.3 Å². The predicted molar refractivity (Wildman–Crippen MR) is 117 cm³/mol. The Morgan fingerprint density at radius 1 is 0.621 bits per heavy atom. The minimum Gasteiger partial charge on any atom is -0.493 e. The summed E-state index contributed by atoms with van der Waals surface area (Å²) in [5.41, 5.74) is 13.5. The van der Waals surface area contributed by atoms with Gasteiger partial charge < -0.3 is 20.9 Å². The third-order valence-corrected chi connectivity index (χ3v) is 4.70. The zero-order valence-electron chi connectivity index (χ0n) is 16.2. The Kier molecular flexibility index (Phi) is 5.61. The van der Waals surface area contributed by atoms with E-state index in [0.717, 1.165) is 52.6 Å². The van der Waals surface area contributed by atoms with Gasteiger partial charge in [0.15, 0.2) is 0 Å². The molecule has 0 unspecified atom stereocenters. The number of fused-ring (bicyclic) bond motifs is 2. The van der Waals surface area contributed by atoms with E-state index in [0.29, 0.717) is 24.8 Å². The van der Waals surface area contributed by atoms with Crippen molar-refractivity contribution in [2.24, 2.45) is 0 Å². The fourth-order valence-electron chi connectivity index (χ4n) is 3.31. The fourth-order valence-corrected chi connectivity index (χ4v) is 3.31. The zero-order valence-corrected chi connectivity index (χ0v) is 16.2. The van der Waals surface area contributed by atoms with Gasteiger partial charge in [0.25, 0.3) is 0 Å². The van der Waals surface area contributed by atoms with Crippen LogP contribution in [-0.4, -0.2) is 23.2 Å². The number of anilines is 2. The van der Waals surface area contributed by atoms with Crippen LogP contribution in [-0.2, 0) is 0 Å². The number of nitrogens with zero attached hydrogens (tertiary/aromatic N) is 2. The van der Waals surface area contributed by atoms with E-state index in [4.69, 9.17) is 20.9 Å². The highest BCUT2D eigenvalue weighted by Gasteiger charge is 2.06. The zero-order chi connectivity index (χ0) is 20.1. The second-order valence-electron chi connectivity index (χ2n) is 6.88. The van der Waals surface area contributed by atoms with E-state index >= 15 is 0 Å². The smallest absolute Gasteiger partial charge is 0.132 e. The highest BCUT2D eigenvalue weighted by molar-refractivity contribution is 5.87. The molecule has 4 N–H and O–H groups in total. The number of para-hydroxylation sites is 2. The first-order chi connectivity index (χ1) is 14.2. The van der Waals surface area contributed by atoms with Crippen molar-refractivity contribution in [3.05, 3.63) is 60.7 Å². The van der Waals surface area contributed by atoms with Crippen LogP contribution >= 0.6 is 0 Å². The van der Waals surface area contributed by atoms with Crippen molar-refractivity contribution in [3.63, 3.8) is 0 Å². The van der Waals surface area contributed by atoms with Gasteiger partial charge in [-0.3, -0.25) is 0 Å². The van der Waals surface area contributed by atoms with Crippen LogP contribution in [0.15, 0.2) is 60.7 Å². The van der Waals surface area contributed by atoms with Gasteiger partial charge in [0.05, 0.1) is 24.2 Å². The number of benzene rings is 2. The summed E-state index contributed by atoms with van der Waals surface area (Å²) in [6, 6.07) is 19.3. The lowest BCUT2D eigenvalue weighted by molar-refractivity contribution is 0.282. The fraction of sp³-hybridized carbons (Fsp3) is 0.217. The average Bonchev–Trinajstić information content (AvgIpc) is 2.72. The van der Waals surface area contributed by atoms with Gasteiger partial charge in [-0.25, -0.2) is 9.97 Å². The molecule has 0 aliphatic heterocycles. The minimum atomic E-state index is 0.468. The Morgan fingerprint density at radius 3 is 1.55 bits per heavy atom. The summed E-state index contributed by atoms with van der Waals surface area (Å²) in [5.74, 6) is 2.50. The molecule has 0 radical (unpaired) electrons. The quantitative estimate of drug-likeness (QED) is 0.429. The third-order valence-electron chi connectivity index (χ3n) is 4.70. The number of hydrogen-bond acceptors (Lipinski definition) is 6. The van der Waals surface area contributed by atoms with Crippen molar-refractivity contribution in [2.45, 2.75) is 19.3 Å². The number of unbranched alkanes of at least 4 members (excludes halogenated alkanes) is 2. The van der Waals surface area contributed by atoms with E-state index in [1.807, 2.05) is 48.5 Å².